The fourth-order valence-electron chi connectivity index (χ4n) is 3.29. The molecule has 1 aromatic rings. The van der Waals surface area contributed by atoms with E-state index in [1.807, 2.05) is 6.07 Å². The first-order valence-corrected chi connectivity index (χ1v) is 8.02. The molecule has 0 aromatic carbocycles. The summed E-state index contributed by atoms with van der Waals surface area (Å²) in [7, 11) is 0.807. The largest absolute Gasteiger partial charge is 0.481 e. The predicted molar refractivity (Wildman–Crippen MR) is 73.5 cm³/mol. The van der Waals surface area contributed by atoms with E-state index in [0.717, 1.165) is 24.8 Å². The van der Waals surface area contributed by atoms with Crippen LogP contribution in [0.1, 0.15) is 37.7 Å². The highest BCUT2D eigenvalue weighted by molar-refractivity contribution is 7.86. The average Bonchev–Trinajstić information content (AvgIpc) is 2.41. The Bertz CT molecular complexity index is 472. The zero-order valence-corrected chi connectivity index (χ0v) is 11.9. The van der Waals surface area contributed by atoms with Crippen LogP contribution < -0.4 is 4.74 Å². The molecule has 2 bridgehead atoms. The van der Waals surface area contributed by atoms with E-state index in [0.29, 0.717) is 18.7 Å². The lowest BCUT2D eigenvalue weighted by molar-refractivity contribution is 0.00618. The van der Waals surface area contributed by atoms with E-state index in [2.05, 4.69) is 4.98 Å². The molecule has 2 fully saturated rings. The van der Waals surface area contributed by atoms with Crippen LogP contribution in [0.5, 0.6) is 5.88 Å². The maximum absolute atomic E-state index is 12.2. The van der Waals surface area contributed by atoms with Gasteiger partial charge in [0.2, 0.25) is 5.88 Å². The van der Waals surface area contributed by atoms with E-state index in [1.54, 1.807) is 19.4 Å². The van der Waals surface area contributed by atoms with Crippen LogP contribution in [0.4, 0.5) is 0 Å². The van der Waals surface area contributed by atoms with Crippen LogP contribution in [0.25, 0.3) is 0 Å². The van der Waals surface area contributed by atoms with Crippen molar-refractivity contribution in [3.8, 4) is 5.88 Å². The second-order valence-electron chi connectivity index (χ2n) is 5.53. The van der Waals surface area contributed by atoms with Gasteiger partial charge in [-0.1, -0.05) is 6.42 Å². The first kappa shape index (κ1) is 13.1. The molecule has 2 aliphatic heterocycles. The van der Waals surface area contributed by atoms with E-state index in [-0.39, 0.29) is 10.5 Å². The van der Waals surface area contributed by atoms with Gasteiger partial charge < -0.3 is 9.84 Å². The Hall–Kier alpha value is -0.940. The second kappa shape index (κ2) is 4.87. The normalized spacial score (nSPS) is 37.9. The van der Waals surface area contributed by atoms with Gasteiger partial charge in [-0.05, 0) is 31.7 Å². The van der Waals surface area contributed by atoms with Gasteiger partial charge in [-0.25, -0.2) is 4.98 Å². The van der Waals surface area contributed by atoms with Crippen LogP contribution >= 0.6 is 0 Å². The molecule has 1 N–H and O–H groups in total. The molecule has 5 heteroatoms. The Labute approximate surface area is 115 Å². The van der Waals surface area contributed by atoms with Crippen molar-refractivity contribution in [1.82, 2.24) is 4.98 Å². The van der Waals surface area contributed by atoms with Crippen LogP contribution in [-0.4, -0.2) is 31.9 Å². The average molecular weight is 281 g/mol. The third kappa shape index (κ3) is 2.30. The van der Waals surface area contributed by atoms with Crippen molar-refractivity contribution >= 4 is 10.8 Å². The number of methoxy groups -OCH3 is 1. The third-order valence-corrected chi connectivity index (χ3v) is 6.44. The molecule has 3 heterocycles. The highest BCUT2D eigenvalue weighted by Crippen LogP contribution is 2.44. The van der Waals surface area contributed by atoms with Crippen molar-refractivity contribution < 1.29 is 14.1 Å². The Morgan fingerprint density at radius 3 is 2.58 bits per heavy atom. The minimum Gasteiger partial charge on any atom is -0.481 e. The number of hydrogen-bond donors (Lipinski definition) is 1. The SMILES string of the molecule is COc1ccc(C2(O)CC3CCCC(C2)S3=O)cn1. The number of pyridine rings is 1. The van der Waals surface area contributed by atoms with Crippen LogP contribution in [0.3, 0.4) is 0 Å². The molecule has 0 aliphatic carbocycles. The number of nitrogens with zero attached hydrogens (tertiary/aromatic N) is 1. The summed E-state index contributed by atoms with van der Waals surface area (Å²) in [5.41, 5.74) is -0.0509. The van der Waals surface area contributed by atoms with Gasteiger partial charge in [0.15, 0.2) is 0 Å². The predicted octanol–water partition coefficient (Wildman–Crippen LogP) is 1.74. The summed E-state index contributed by atoms with van der Waals surface area (Å²) < 4.78 is 17.2. The molecular formula is C14H19NO3S. The minimum atomic E-state index is -0.872. The van der Waals surface area contributed by atoms with Gasteiger partial charge in [0.1, 0.15) is 0 Å². The van der Waals surface area contributed by atoms with Crippen molar-refractivity contribution in [2.45, 2.75) is 48.2 Å². The van der Waals surface area contributed by atoms with Crippen LogP contribution in [0.2, 0.25) is 0 Å². The number of aromatic nitrogens is 1. The molecule has 4 nitrogen and oxygen atoms in total. The molecule has 0 spiro atoms. The smallest absolute Gasteiger partial charge is 0.212 e. The lowest BCUT2D eigenvalue weighted by Gasteiger charge is -2.43. The number of ether oxygens (including phenoxy) is 1. The van der Waals surface area contributed by atoms with Gasteiger partial charge in [0.05, 0.1) is 12.7 Å². The summed E-state index contributed by atoms with van der Waals surface area (Å²) in [5.74, 6) is 0.548. The van der Waals surface area contributed by atoms with E-state index < -0.39 is 16.4 Å². The van der Waals surface area contributed by atoms with E-state index in [9.17, 15) is 9.32 Å². The topological polar surface area (TPSA) is 59.4 Å². The lowest BCUT2D eigenvalue weighted by atomic mass is 9.81. The van der Waals surface area contributed by atoms with E-state index in [4.69, 9.17) is 4.74 Å². The van der Waals surface area contributed by atoms with E-state index >= 15 is 0 Å². The van der Waals surface area contributed by atoms with Crippen LogP contribution in [-0.2, 0) is 16.4 Å². The molecule has 0 amide bonds. The van der Waals surface area contributed by atoms with Gasteiger partial charge in [0.25, 0.3) is 0 Å². The highest BCUT2D eigenvalue weighted by Gasteiger charge is 2.46. The van der Waals surface area contributed by atoms with Crippen LogP contribution in [0, 0.1) is 0 Å². The first-order valence-electron chi connectivity index (χ1n) is 6.75. The lowest BCUT2D eigenvalue weighted by Crippen LogP contribution is -2.47. The van der Waals surface area contributed by atoms with Gasteiger partial charge in [-0.2, -0.15) is 0 Å². The van der Waals surface area contributed by atoms with Crippen LogP contribution in [0.15, 0.2) is 18.3 Å². The first-order chi connectivity index (χ1) is 9.12. The molecular weight excluding hydrogens is 262 g/mol. The van der Waals surface area contributed by atoms with Gasteiger partial charge in [0, 0.05) is 39.1 Å². The van der Waals surface area contributed by atoms with Gasteiger partial charge in [-0.3, -0.25) is 4.21 Å². The highest BCUT2D eigenvalue weighted by atomic mass is 32.2. The number of hydrogen-bond acceptors (Lipinski definition) is 4. The van der Waals surface area contributed by atoms with Crippen molar-refractivity contribution in [2.75, 3.05) is 7.11 Å². The Kier molecular flexibility index (Phi) is 3.35. The van der Waals surface area contributed by atoms with Gasteiger partial charge in [-0.15, -0.1) is 0 Å². The zero-order valence-electron chi connectivity index (χ0n) is 11.0. The van der Waals surface area contributed by atoms with E-state index in [1.165, 1.54) is 0 Å². The summed E-state index contributed by atoms with van der Waals surface area (Å²) in [6.45, 7) is 0. The quantitative estimate of drug-likeness (QED) is 0.897. The molecule has 0 radical (unpaired) electrons. The molecule has 2 unspecified atom stereocenters. The standard InChI is InChI=1S/C14H19NO3S/c1-18-13-6-5-10(9-15-13)14(16)7-11-3-2-4-12(8-14)19(11)17/h5-6,9,11-12,16H,2-4,7-8H2,1H3. The maximum Gasteiger partial charge on any atom is 0.212 e. The van der Waals surface area contributed by atoms with Crippen molar-refractivity contribution in [3.63, 3.8) is 0 Å². The number of aliphatic hydroxyl groups is 1. The monoisotopic (exact) mass is 281 g/mol. The third-order valence-electron chi connectivity index (χ3n) is 4.32. The number of fused-ring (bicyclic) bond motifs is 2. The zero-order chi connectivity index (χ0) is 13.5. The molecule has 0 saturated carbocycles. The Morgan fingerprint density at radius 2 is 2.05 bits per heavy atom. The summed E-state index contributed by atoms with van der Waals surface area (Å²) >= 11 is 0. The molecule has 2 saturated heterocycles. The van der Waals surface area contributed by atoms with Crippen molar-refractivity contribution in [1.29, 1.82) is 0 Å². The molecule has 1 aromatic heterocycles. The van der Waals surface area contributed by atoms with Crippen molar-refractivity contribution in [2.24, 2.45) is 0 Å². The summed E-state index contributed by atoms with van der Waals surface area (Å²) in [4.78, 5) is 4.17. The summed E-state index contributed by atoms with van der Waals surface area (Å²) in [5, 5.41) is 11.2. The number of rotatable bonds is 2. The molecule has 2 atom stereocenters. The van der Waals surface area contributed by atoms with Gasteiger partial charge >= 0.3 is 0 Å². The minimum absolute atomic E-state index is 0.139. The molecule has 104 valence electrons. The maximum atomic E-state index is 12.2. The summed E-state index contributed by atoms with van der Waals surface area (Å²) in [6, 6.07) is 3.64. The Morgan fingerprint density at radius 1 is 1.37 bits per heavy atom. The molecule has 2 aliphatic rings. The fourth-order valence-corrected chi connectivity index (χ4v) is 5.52. The second-order valence-corrected chi connectivity index (χ2v) is 7.52. The molecule has 19 heavy (non-hydrogen) atoms. The Balaban J connectivity index is 1.88. The fraction of sp³-hybridized carbons (Fsp3) is 0.643. The molecule has 3 rings (SSSR count). The van der Waals surface area contributed by atoms with Crippen molar-refractivity contribution in [3.05, 3.63) is 23.9 Å². The summed E-state index contributed by atoms with van der Waals surface area (Å²) in [6.07, 6.45) is 5.93.